The zero-order chi connectivity index (χ0) is 26.7. The molecule has 1 aromatic heterocycles. The summed E-state index contributed by atoms with van der Waals surface area (Å²) in [4.78, 5) is 49.9. The van der Waals surface area contributed by atoms with Gasteiger partial charge < -0.3 is 19.9 Å². The highest BCUT2D eigenvalue weighted by atomic mass is 19.2. The van der Waals surface area contributed by atoms with Crippen molar-refractivity contribution in [2.75, 3.05) is 19.0 Å². The molecule has 0 radical (unpaired) electrons. The lowest BCUT2D eigenvalue weighted by atomic mass is 9.98. The average molecular weight is 513 g/mol. The number of hydrogen-bond donors (Lipinski definition) is 2. The molecule has 1 atom stereocenters. The van der Waals surface area contributed by atoms with Crippen LogP contribution >= 0.6 is 0 Å². The topological polar surface area (TPSA) is 106 Å². The van der Waals surface area contributed by atoms with Gasteiger partial charge >= 0.3 is 0 Å². The number of ether oxygens (including phenoxy) is 1. The van der Waals surface area contributed by atoms with Gasteiger partial charge in [0.25, 0.3) is 5.56 Å². The van der Waals surface area contributed by atoms with Gasteiger partial charge in [-0.3, -0.25) is 19.2 Å². The van der Waals surface area contributed by atoms with Crippen LogP contribution in [0.3, 0.4) is 0 Å². The molecule has 2 heterocycles. The number of anilines is 1. The van der Waals surface area contributed by atoms with Gasteiger partial charge in [0.15, 0.2) is 23.2 Å². The van der Waals surface area contributed by atoms with Crippen LogP contribution in [0.4, 0.5) is 18.9 Å². The van der Waals surface area contributed by atoms with Crippen molar-refractivity contribution in [3.8, 4) is 5.75 Å². The van der Waals surface area contributed by atoms with Crippen molar-refractivity contribution in [1.82, 2.24) is 9.88 Å². The van der Waals surface area contributed by atoms with Gasteiger partial charge in [0.1, 0.15) is 12.4 Å². The van der Waals surface area contributed by atoms with Gasteiger partial charge in [-0.05, 0) is 41.5 Å². The van der Waals surface area contributed by atoms with E-state index in [4.69, 9.17) is 4.74 Å². The zero-order valence-corrected chi connectivity index (χ0v) is 19.6. The first-order valence-corrected chi connectivity index (χ1v) is 11.3. The van der Waals surface area contributed by atoms with Crippen molar-refractivity contribution in [2.45, 2.75) is 19.4 Å². The Morgan fingerprint density at radius 3 is 2.54 bits per heavy atom. The van der Waals surface area contributed by atoms with Crippen LogP contribution in [0.5, 0.6) is 5.75 Å². The first kappa shape index (κ1) is 25.7. The highest BCUT2D eigenvalue weighted by Crippen LogP contribution is 2.28. The van der Waals surface area contributed by atoms with E-state index in [0.717, 1.165) is 22.3 Å². The molecule has 11 heteroatoms. The first-order valence-electron chi connectivity index (χ1n) is 11.3. The lowest BCUT2D eigenvalue weighted by Gasteiger charge is -2.16. The Balaban J connectivity index is 1.48. The van der Waals surface area contributed by atoms with Gasteiger partial charge in [-0.1, -0.05) is 6.07 Å². The van der Waals surface area contributed by atoms with Crippen molar-refractivity contribution in [2.24, 2.45) is 5.92 Å². The van der Waals surface area contributed by atoms with Gasteiger partial charge in [-0.2, -0.15) is 0 Å². The summed E-state index contributed by atoms with van der Waals surface area (Å²) in [6, 6.07) is 9.24. The van der Waals surface area contributed by atoms with Gasteiger partial charge in [-0.15, -0.1) is 0 Å². The van der Waals surface area contributed by atoms with Gasteiger partial charge in [0.05, 0.1) is 24.4 Å². The van der Waals surface area contributed by atoms with Crippen molar-refractivity contribution in [1.29, 1.82) is 0 Å². The lowest BCUT2D eigenvalue weighted by Crippen LogP contribution is -2.34. The van der Waals surface area contributed by atoms with E-state index >= 15 is 0 Å². The fourth-order valence-electron chi connectivity index (χ4n) is 4.01. The van der Waals surface area contributed by atoms with Crippen LogP contribution in [0, 0.1) is 23.4 Å². The molecule has 1 aliphatic heterocycles. The smallest absolute Gasteiger partial charge is 0.261 e. The molecule has 3 aromatic rings. The van der Waals surface area contributed by atoms with Crippen LogP contribution in [-0.2, 0) is 22.6 Å². The van der Waals surface area contributed by atoms with E-state index in [0.29, 0.717) is 11.4 Å². The van der Waals surface area contributed by atoms with Gasteiger partial charge in [0.2, 0.25) is 11.8 Å². The Kier molecular flexibility index (Phi) is 7.42. The maximum atomic E-state index is 13.6. The second kappa shape index (κ2) is 10.7. The molecule has 1 aliphatic rings. The first-order chi connectivity index (χ1) is 17.7. The number of Topliss-reactive ketones (excluding diaryl/α,β-unsaturated/α-hetero) is 1. The molecule has 1 unspecified atom stereocenters. The number of benzene rings is 2. The minimum Gasteiger partial charge on any atom is -0.493 e. The number of carbonyl (C=O) groups excluding carboxylic acids is 3. The summed E-state index contributed by atoms with van der Waals surface area (Å²) in [7, 11) is 1.40. The molecule has 0 fully saturated rings. The molecule has 37 heavy (non-hydrogen) atoms. The summed E-state index contributed by atoms with van der Waals surface area (Å²) in [5.41, 5.74) is 0.469. The minimum absolute atomic E-state index is 0.00901. The van der Waals surface area contributed by atoms with Crippen LogP contribution in [0.2, 0.25) is 0 Å². The zero-order valence-electron chi connectivity index (χ0n) is 19.6. The predicted octanol–water partition coefficient (Wildman–Crippen LogP) is 2.82. The number of fused-ring (bicyclic) bond motifs is 1. The third kappa shape index (κ3) is 5.71. The standard InChI is InChI=1S/C26H22F3N3O5/c1-30-25(35)16(13-37-17-5-4-15-10-23(34)31-21(15)11-17)9-22(33)18-3-2-6-32(26(18)36)12-14-7-19(27)24(29)20(28)8-14/h2-8,11,16H,9-10,12-13H2,1H3,(H,30,35)(H,31,34). The van der Waals surface area contributed by atoms with E-state index in [-0.39, 0.29) is 43.0 Å². The Labute approximate surface area is 209 Å². The summed E-state index contributed by atoms with van der Waals surface area (Å²) >= 11 is 0. The summed E-state index contributed by atoms with van der Waals surface area (Å²) in [5.74, 6) is -6.19. The van der Waals surface area contributed by atoms with Crippen LogP contribution in [0.15, 0.2) is 53.5 Å². The number of carbonyl (C=O) groups is 3. The summed E-state index contributed by atoms with van der Waals surface area (Å²) in [5, 5.41) is 5.17. The van der Waals surface area contributed by atoms with Crippen molar-refractivity contribution in [3.63, 3.8) is 0 Å². The maximum Gasteiger partial charge on any atom is 0.261 e. The number of halogens is 3. The monoisotopic (exact) mass is 513 g/mol. The molecule has 0 bridgehead atoms. The summed E-state index contributed by atoms with van der Waals surface area (Å²) in [6.07, 6.45) is 1.25. The van der Waals surface area contributed by atoms with E-state index in [2.05, 4.69) is 10.6 Å². The molecule has 8 nitrogen and oxygen atoms in total. The molecule has 0 saturated carbocycles. The SMILES string of the molecule is CNC(=O)C(COc1ccc2c(c1)NC(=O)C2)CC(=O)c1cccn(Cc2cc(F)c(F)c(F)c2)c1=O. The predicted molar refractivity (Wildman–Crippen MR) is 127 cm³/mol. The molecule has 0 saturated heterocycles. The van der Waals surface area contributed by atoms with E-state index in [9.17, 15) is 32.3 Å². The van der Waals surface area contributed by atoms with E-state index in [1.807, 2.05) is 0 Å². The van der Waals surface area contributed by atoms with Crippen LogP contribution in [0.1, 0.15) is 27.9 Å². The molecule has 4 rings (SSSR count). The van der Waals surface area contributed by atoms with Crippen molar-refractivity contribution < 1.29 is 32.3 Å². The molecule has 2 amide bonds. The molecular formula is C26H22F3N3O5. The van der Waals surface area contributed by atoms with E-state index in [1.54, 1.807) is 18.2 Å². The fraction of sp³-hybridized carbons (Fsp3) is 0.231. The number of aromatic nitrogens is 1. The molecule has 0 spiro atoms. The Morgan fingerprint density at radius 1 is 1.11 bits per heavy atom. The highest BCUT2D eigenvalue weighted by molar-refractivity contribution is 5.99. The molecular weight excluding hydrogens is 491 g/mol. The number of nitrogens with one attached hydrogen (secondary N) is 2. The largest absolute Gasteiger partial charge is 0.493 e. The number of nitrogens with zero attached hydrogens (tertiary/aromatic N) is 1. The molecule has 2 aromatic carbocycles. The Morgan fingerprint density at radius 2 is 1.84 bits per heavy atom. The summed E-state index contributed by atoms with van der Waals surface area (Å²) in [6.45, 7) is -0.474. The van der Waals surface area contributed by atoms with Crippen LogP contribution < -0.4 is 20.9 Å². The maximum absolute atomic E-state index is 13.6. The van der Waals surface area contributed by atoms with E-state index < -0.39 is 40.6 Å². The van der Waals surface area contributed by atoms with Crippen molar-refractivity contribution >= 4 is 23.3 Å². The Hall–Kier alpha value is -4.41. The third-order valence-corrected chi connectivity index (χ3v) is 5.92. The van der Waals surface area contributed by atoms with Crippen molar-refractivity contribution in [3.05, 3.63) is 93.2 Å². The second-order valence-corrected chi connectivity index (χ2v) is 8.52. The number of amides is 2. The van der Waals surface area contributed by atoms with E-state index in [1.165, 1.54) is 25.4 Å². The minimum atomic E-state index is -1.62. The van der Waals surface area contributed by atoms with Crippen LogP contribution in [-0.4, -0.2) is 35.8 Å². The average Bonchev–Trinajstić information content (AvgIpc) is 3.24. The number of hydrogen-bond acceptors (Lipinski definition) is 5. The van der Waals surface area contributed by atoms with Crippen LogP contribution in [0.25, 0.3) is 0 Å². The lowest BCUT2D eigenvalue weighted by molar-refractivity contribution is -0.125. The Bertz CT molecular complexity index is 1430. The normalized spacial score (nSPS) is 13.0. The number of ketones is 1. The molecule has 0 aliphatic carbocycles. The molecule has 192 valence electrons. The highest BCUT2D eigenvalue weighted by Gasteiger charge is 2.25. The third-order valence-electron chi connectivity index (χ3n) is 5.92. The second-order valence-electron chi connectivity index (χ2n) is 8.52. The van der Waals surface area contributed by atoms with Gasteiger partial charge in [0, 0.05) is 31.4 Å². The quantitative estimate of drug-likeness (QED) is 0.338. The van der Waals surface area contributed by atoms with Gasteiger partial charge in [-0.25, -0.2) is 13.2 Å². The number of pyridine rings is 1. The number of rotatable bonds is 9. The fourth-order valence-corrected chi connectivity index (χ4v) is 4.01. The molecule has 2 N–H and O–H groups in total. The summed E-state index contributed by atoms with van der Waals surface area (Å²) < 4.78 is 47.1.